The first-order valence-corrected chi connectivity index (χ1v) is 5.98. The SMILES string of the molecule is CCCCC/C(C=O)=C/c1ccc(C)cc1. The average Bonchev–Trinajstić information content (AvgIpc) is 2.31. The number of hydrogen-bond donors (Lipinski definition) is 0. The van der Waals surface area contributed by atoms with Crippen molar-refractivity contribution in [3.63, 3.8) is 0 Å². The summed E-state index contributed by atoms with van der Waals surface area (Å²) < 4.78 is 0. The number of aryl methyl sites for hydroxylation is 1. The maximum absolute atomic E-state index is 10.9. The van der Waals surface area contributed by atoms with E-state index >= 15 is 0 Å². The summed E-state index contributed by atoms with van der Waals surface area (Å²) in [5, 5.41) is 0. The van der Waals surface area contributed by atoms with E-state index in [1.54, 1.807) is 0 Å². The van der Waals surface area contributed by atoms with Crippen molar-refractivity contribution in [1.82, 2.24) is 0 Å². The van der Waals surface area contributed by atoms with E-state index in [0.717, 1.165) is 30.3 Å². The number of rotatable bonds is 6. The molecule has 1 heteroatoms. The Hall–Kier alpha value is -1.37. The van der Waals surface area contributed by atoms with Crippen LogP contribution >= 0.6 is 0 Å². The Morgan fingerprint density at radius 1 is 1.19 bits per heavy atom. The van der Waals surface area contributed by atoms with Gasteiger partial charge < -0.3 is 0 Å². The number of aldehydes is 1. The van der Waals surface area contributed by atoms with Crippen molar-refractivity contribution >= 4 is 12.4 Å². The molecule has 0 spiro atoms. The highest BCUT2D eigenvalue weighted by Crippen LogP contribution is 2.12. The standard InChI is InChI=1S/C15H20O/c1-3-4-5-6-15(12-16)11-14-9-7-13(2)8-10-14/h7-12H,3-6H2,1-2H3/b15-11-. The lowest BCUT2D eigenvalue weighted by Gasteiger charge is -2.00. The van der Waals surface area contributed by atoms with Crippen molar-refractivity contribution in [2.24, 2.45) is 0 Å². The number of benzene rings is 1. The molecule has 86 valence electrons. The van der Waals surface area contributed by atoms with E-state index in [9.17, 15) is 4.79 Å². The van der Waals surface area contributed by atoms with Crippen molar-refractivity contribution in [2.45, 2.75) is 39.5 Å². The van der Waals surface area contributed by atoms with Crippen LogP contribution in [0.3, 0.4) is 0 Å². The summed E-state index contributed by atoms with van der Waals surface area (Å²) in [6.45, 7) is 4.24. The van der Waals surface area contributed by atoms with Gasteiger partial charge in [0.1, 0.15) is 6.29 Å². The molecular formula is C15H20O. The van der Waals surface area contributed by atoms with Gasteiger partial charge in [0.15, 0.2) is 0 Å². The first-order chi connectivity index (χ1) is 7.76. The van der Waals surface area contributed by atoms with Crippen LogP contribution in [0.2, 0.25) is 0 Å². The van der Waals surface area contributed by atoms with Crippen LogP contribution in [0.25, 0.3) is 6.08 Å². The first-order valence-electron chi connectivity index (χ1n) is 5.98. The summed E-state index contributed by atoms with van der Waals surface area (Å²) >= 11 is 0. The zero-order valence-corrected chi connectivity index (χ0v) is 10.2. The molecule has 0 atom stereocenters. The topological polar surface area (TPSA) is 17.1 Å². The lowest BCUT2D eigenvalue weighted by Crippen LogP contribution is -1.86. The van der Waals surface area contributed by atoms with E-state index in [0.29, 0.717) is 0 Å². The second-order valence-electron chi connectivity index (χ2n) is 4.20. The maximum Gasteiger partial charge on any atom is 0.146 e. The zero-order valence-electron chi connectivity index (χ0n) is 10.2. The highest BCUT2D eigenvalue weighted by molar-refractivity contribution is 5.81. The van der Waals surface area contributed by atoms with Crippen LogP contribution in [-0.4, -0.2) is 6.29 Å². The summed E-state index contributed by atoms with van der Waals surface area (Å²) in [5.41, 5.74) is 3.26. The fraction of sp³-hybridized carbons (Fsp3) is 0.400. The third kappa shape index (κ3) is 4.43. The van der Waals surface area contributed by atoms with Gasteiger partial charge >= 0.3 is 0 Å². The molecule has 0 bridgehead atoms. The van der Waals surface area contributed by atoms with Gasteiger partial charge in [-0.1, -0.05) is 49.6 Å². The molecule has 0 aliphatic heterocycles. The van der Waals surface area contributed by atoms with Gasteiger partial charge in [-0.25, -0.2) is 0 Å². The van der Waals surface area contributed by atoms with Gasteiger partial charge in [0.25, 0.3) is 0 Å². The molecule has 0 fully saturated rings. The number of carbonyl (C=O) groups excluding carboxylic acids is 1. The number of hydrogen-bond acceptors (Lipinski definition) is 1. The monoisotopic (exact) mass is 216 g/mol. The molecule has 1 aromatic rings. The third-order valence-corrected chi connectivity index (χ3v) is 2.65. The molecule has 16 heavy (non-hydrogen) atoms. The Kier molecular flexibility index (Phi) is 5.55. The quantitative estimate of drug-likeness (QED) is 0.396. The largest absolute Gasteiger partial charge is 0.298 e. The molecule has 0 heterocycles. The lowest BCUT2D eigenvalue weighted by atomic mass is 10.0. The van der Waals surface area contributed by atoms with E-state index in [2.05, 4.69) is 38.1 Å². The molecule has 0 saturated carbocycles. The van der Waals surface area contributed by atoms with Crippen molar-refractivity contribution < 1.29 is 4.79 Å². The number of allylic oxidation sites excluding steroid dienone is 1. The molecule has 1 rings (SSSR count). The predicted molar refractivity (Wildman–Crippen MR) is 69.4 cm³/mol. The van der Waals surface area contributed by atoms with Crippen molar-refractivity contribution in [2.75, 3.05) is 0 Å². The highest BCUT2D eigenvalue weighted by Gasteiger charge is 1.96. The zero-order chi connectivity index (χ0) is 11.8. The minimum absolute atomic E-state index is 0.894. The van der Waals surface area contributed by atoms with Gasteiger partial charge in [0.05, 0.1) is 0 Å². The smallest absolute Gasteiger partial charge is 0.146 e. The van der Waals surface area contributed by atoms with E-state index in [4.69, 9.17) is 0 Å². The first kappa shape index (κ1) is 12.7. The fourth-order valence-corrected chi connectivity index (χ4v) is 1.62. The van der Waals surface area contributed by atoms with Crippen molar-refractivity contribution in [3.8, 4) is 0 Å². The van der Waals surface area contributed by atoms with Gasteiger partial charge in [-0.05, 0) is 37.0 Å². The molecule has 0 aromatic heterocycles. The molecule has 0 unspecified atom stereocenters. The molecule has 0 aliphatic carbocycles. The lowest BCUT2D eigenvalue weighted by molar-refractivity contribution is -0.105. The van der Waals surface area contributed by atoms with Crippen LogP contribution in [0.15, 0.2) is 29.8 Å². The predicted octanol–water partition coefficient (Wildman–Crippen LogP) is 4.16. The summed E-state index contributed by atoms with van der Waals surface area (Å²) in [7, 11) is 0. The van der Waals surface area contributed by atoms with Crippen LogP contribution in [0, 0.1) is 6.92 Å². The Morgan fingerprint density at radius 3 is 2.44 bits per heavy atom. The molecule has 1 aromatic carbocycles. The Balaban J connectivity index is 2.64. The van der Waals surface area contributed by atoms with Crippen molar-refractivity contribution in [1.29, 1.82) is 0 Å². The van der Waals surface area contributed by atoms with Crippen LogP contribution in [-0.2, 0) is 4.79 Å². The van der Waals surface area contributed by atoms with Crippen LogP contribution in [0.4, 0.5) is 0 Å². The van der Waals surface area contributed by atoms with E-state index < -0.39 is 0 Å². The number of unbranched alkanes of at least 4 members (excludes halogenated alkanes) is 2. The van der Waals surface area contributed by atoms with Crippen LogP contribution in [0.5, 0.6) is 0 Å². The molecule has 1 nitrogen and oxygen atoms in total. The van der Waals surface area contributed by atoms with Crippen LogP contribution < -0.4 is 0 Å². The Morgan fingerprint density at radius 2 is 1.88 bits per heavy atom. The molecule has 0 radical (unpaired) electrons. The van der Waals surface area contributed by atoms with Gasteiger partial charge in [0, 0.05) is 0 Å². The normalized spacial score (nSPS) is 11.5. The van der Waals surface area contributed by atoms with E-state index in [1.165, 1.54) is 18.4 Å². The van der Waals surface area contributed by atoms with Gasteiger partial charge in [-0.3, -0.25) is 4.79 Å². The van der Waals surface area contributed by atoms with Gasteiger partial charge in [0.2, 0.25) is 0 Å². The maximum atomic E-state index is 10.9. The Labute approximate surface area is 98.2 Å². The van der Waals surface area contributed by atoms with Gasteiger partial charge in [-0.15, -0.1) is 0 Å². The molecular weight excluding hydrogens is 196 g/mol. The van der Waals surface area contributed by atoms with Crippen molar-refractivity contribution in [3.05, 3.63) is 41.0 Å². The second kappa shape index (κ2) is 7.00. The molecule has 0 aliphatic rings. The summed E-state index contributed by atoms with van der Waals surface area (Å²) in [4.78, 5) is 10.9. The fourth-order valence-electron chi connectivity index (χ4n) is 1.62. The summed E-state index contributed by atoms with van der Waals surface area (Å²) in [6.07, 6.45) is 7.35. The summed E-state index contributed by atoms with van der Waals surface area (Å²) in [6, 6.07) is 8.25. The average molecular weight is 216 g/mol. The number of carbonyl (C=O) groups is 1. The highest BCUT2D eigenvalue weighted by atomic mass is 16.1. The molecule has 0 saturated heterocycles. The third-order valence-electron chi connectivity index (χ3n) is 2.65. The Bertz CT molecular complexity index is 346. The van der Waals surface area contributed by atoms with E-state index in [1.807, 2.05) is 6.08 Å². The minimum Gasteiger partial charge on any atom is -0.298 e. The van der Waals surface area contributed by atoms with E-state index in [-0.39, 0.29) is 0 Å². The summed E-state index contributed by atoms with van der Waals surface area (Å²) in [5.74, 6) is 0. The second-order valence-corrected chi connectivity index (χ2v) is 4.20. The molecule has 0 N–H and O–H groups in total. The minimum atomic E-state index is 0.894. The van der Waals surface area contributed by atoms with Crippen LogP contribution in [0.1, 0.15) is 43.7 Å². The molecule has 0 amide bonds. The van der Waals surface area contributed by atoms with Gasteiger partial charge in [-0.2, -0.15) is 0 Å².